The quantitative estimate of drug-likeness (QED) is 0.616. The Bertz CT molecular complexity index is 1120. The Hall–Kier alpha value is -3.35. The van der Waals surface area contributed by atoms with Crippen molar-refractivity contribution in [3.63, 3.8) is 0 Å². The number of amides is 1. The van der Waals surface area contributed by atoms with E-state index in [0.717, 1.165) is 66.3 Å². The lowest BCUT2D eigenvalue weighted by Gasteiger charge is -2.16. The molecule has 1 aliphatic heterocycles. The van der Waals surface area contributed by atoms with E-state index in [1.165, 1.54) is 0 Å². The highest BCUT2D eigenvalue weighted by Gasteiger charge is 2.38. The first-order valence-corrected chi connectivity index (χ1v) is 11.3. The Kier molecular flexibility index (Phi) is 5.55. The van der Waals surface area contributed by atoms with Crippen LogP contribution in [0.1, 0.15) is 36.4 Å². The van der Waals surface area contributed by atoms with Crippen molar-refractivity contribution >= 4 is 11.7 Å². The molecule has 2 fully saturated rings. The Morgan fingerprint density at radius 1 is 1.22 bits per heavy atom. The molecule has 1 aromatic carbocycles. The second-order valence-electron chi connectivity index (χ2n) is 8.74. The fourth-order valence-corrected chi connectivity index (χ4v) is 4.53. The predicted octanol–water partition coefficient (Wildman–Crippen LogP) is 3.83. The molecule has 1 atom stereocenters. The summed E-state index contributed by atoms with van der Waals surface area (Å²) in [4.78, 5) is 19.0. The first-order valence-electron chi connectivity index (χ1n) is 11.3. The summed E-state index contributed by atoms with van der Waals surface area (Å²) in [7, 11) is 3.64. The van der Waals surface area contributed by atoms with Gasteiger partial charge in [0.15, 0.2) is 0 Å². The standard InChI is InChI=1S/C25H29N5O2/c1-29-16-21(24(28-29)20-10-12-30(15-20)25(31)17-7-8-17)18-9-11-26-23(13-18)27-14-19-5-3-4-6-22(19)32-2/h3-6,9,11,13,16-17,20H,7-8,10,12,14-15H2,1-2H3,(H,26,27). The van der Waals surface area contributed by atoms with Gasteiger partial charge in [0.2, 0.25) is 5.91 Å². The van der Waals surface area contributed by atoms with E-state index in [1.54, 1.807) is 7.11 Å². The van der Waals surface area contributed by atoms with E-state index < -0.39 is 0 Å². The summed E-state index contributed by atoms with van der Waals surface area (Å²) in [6, 6.07) is 12.1. The minimum atomic E-state index is 0.270. The highest BCUT2D eigenvalue weighted by atomic mass is 16.5. The van der Waals surface area contributed by atoms with Gasteiger partial charge in [-0.1, -0.05) is 18.2 Å². The Morgan fingerprint density at radius 3 is 2.88 bits per heavy atom. The molecule has 1 saturated carbocycles. The molecule has 166 valence electrons. The van der Waals surface area contributed by atoms with Gasteiger partial charge >= 0.3 is 0 Å². The number of anilines is 1. The average Bonchev–Trinajstić information content (AvgIpc) is 3.42. The molecule has 1 N–H and O–H groups in total. The summed E-state index contributed by atoms with van der Waals surface area (Å²) in [5.41, 5.74) is 4.34. The van der Waals surface area contributed by atoms with E-state index in [9.17, 15) is 4.79 Å². The molecule has 1 aliphatic carbocycles. The van der Waals surface area contributed by atoms with Crippen molar-refractivity contribution in [3.8, 4) is 16.9 Å². The molecule has 2 aliphatic rings. The topological polar surface area (TPSA) is 72.3 Å². The third-order valence-electron chi connectivity index (χ3n) is 6.39. The van der Waals surface area contributed by atoms with Gasteiger partial charge in [-0.2, -0.15) is 5.10 Å². The summed E-state index contributed by atoms with van der Waals surface area (Å²) >= 11 is 0. The van der Waals surface area contributed by atoms with Crippen molar-refractivity contribution in [3.05, 3.63) is 60.0 Å². The number of nitrogens with one attached hydrogen (secondary N) is 1. The number of rotatable bonds is 7. The first-order chi connectivity index (χ1) is 15.6. The zero-order valence-corrected chi connectivity index (χ0v) is 18.6. The predicted molar refractivity (Wildman–Crippen MR) is 123 cm³/mol. The van der Waals surface area contributed by atoms with Crippen LogP contribution in [0.3, 0.4) is 0 Å². The van der Waals surface area contributed by atoms with E-state index in [0.29, 0.717) is 12.5 Å². The Balaban J connectivity index is 1.34. The van der Waals surface area contributed by atoms with Gasteiger partial charge in [-0.15, -0.1) is 0 Å². The van der Waals surface area contributed by atoms with Gasteiger partial charge in [0.05, 0.1) is 12.8 Å². The largest absolute Gasteiger partial charge is 0.496 e. The summed E-state index contributed by atoms with van der Waals surface area (Å²) < 4.78 is 7.32. The van der Waals surface area contributed by atoms with Crippen LogP contribution in [0.5, 0.6) is 5.75 Å². The van der Waals surface area contributed by atoms with Crippen molar-refractivity contribution < 1.29 is 9.53 Å². The van der Waals surface area contributed by atoms with Gasteiger partial charge in [0, 0.05) is 62.0 Å². The van der Waals surface area contributed by atoms with Gasteiger partial charge in [-0.25, -0.2) is 4.98 Å². The molecule has 1 unspecified atom stereocenters. The van der Waals surface area contributed by atoms with Crippen molar-refractivity contribution in [1.82, 2.24) is 19.7 Å². The third kappa shape index (κ3) is 4.20. The maximum Gasteiger partial charge on any atom is 0.225 e. The Morgan fingerprint density at radius 2 is 2.06 bits per heavy atom. The number of hydrogen-bond donors (Lipinski definition) is 1. The van der Waals surface area contributed by atoms with Crippen LogP contribution in [-0.2, 0) is 18.4 Å². The number of benzene rings is 1. The lowest BCUT2D eigenvalue weighted by molar-refractivity contribution is -0.131. The molecule has 7 nitrogen and oxygen atoms in total. The van der Waals surface area contributed by atoms with Crippen LogP contribution >= 0.6 is 0 Å². The molecule has 0 spiro atoms. The van der Waals surface area contributed by atoms with Gasteiger partial charge < -0.3 is 15.0 Å². The number of nitrogens with zero attached hydrogens (tertiary/aromatic N) is 4. The number of aryl methyl sites for hydroxylation is 1. The zero-order valence-electron chi connectivity index (χ0n) is 18.6. The molecule has 32 heavy (non-hydrogen) atoms. The number of aromatic nitrogens is 3. The number of para-hydroxylation sites is 1. The number of carbonyl (C=O) groups excluding carboxylic acids is 1. The maximum absolute atomic E-state index is 12.5. The summed E-state index contributed by atoms with van der Waals surface area (Å²) in [6.45, 7) is 2.22. The van der Waals surface area contributed by atoms with Crippen LogP contribution in [-0.4, -0.2) is 45.8 Å². The highest BCUT2D eigenvalue weighted by Crippen LogP contribution is 2.37. The lowest BCUT2D eigenvalue weighted by atomic mass is 9.97. The Labute approximate surface area is 188 Å². The van der Waals surface area contributed by atoms with Crippen LogP contribution < -0.4 is 10.1 Å². The van der Waals surface area contributed by atoms with Crippen LogP contribution in [0.4, 0.5) is 5.82 Å². The van der Waals surface area contributed by atoms with E-state index in [4.69, 9.17) is 9.84 Å². The van der Waals surface area contributed by atoms with Crippen LogP contribution in [0, 0.1) is 5.92 Å². The number of likely N-dealkylation sites (tertiary alicyclic amines) is 1. The average molecular weight is 432 g/mol. The molecule has 1 amide bonds. The fraction of sp³-hybridized carbons (Fsp3) is 0.400. The second-order valence-corrected chi connectivity index (χ2v) is 8.74. The van der Waals surface area contributed by atoms with Crippen molar-refractivity contribution in [2.24, 2.45) is 13.0 Å². The summed E-state index contributed by atoms with van der Waals surface area (Å²) in [6.07, 6.45) is 6.97. The molecule has 3 heterocycles. The summed E-state index contributed by atoms with van der Waals surface area (Å²) in [5, 5.41) is 8.20. The molecule has 0 radical (unpaired) electrons. The van der Waals surface area contributed by atoms with Crippen molar-refractivity contribution in [1.29, 1.82) is 0 Å². The minimum absolute atomic E-state index is 0.270. The molecule has 3 aromatic rings. The van der Waals surface area contributed by atoms with E-state index in [-0.39, 0.29) is 11.8 Å². The first kappa shape index (κ1) is 20.5. The second kappa shape index (κ2) is 8.65. The van der Waals surface area contributed by atoms with Crippen LogP contribution in [0.2, 0.25) is 0 Å². The molecular weight excluding hydrogens is 402 g/mol. The highest BCUT2D eigenvalue weighted by molar-refractivity contribution is 5.81. The molecular formula is C25H29N5O2. The van der Waals surface area contributed by atoms with Gasteiger partial charge in [-0.05, 0) is 43.0 Å². The van der Waals surface area contributed by atoms with Gasteiger partial charge in [0.1, 0.15) is 11.6 Å². The maximum atomic E-state index is 12.5. The van der Waals surface area contributed by atoms with Gasteiger partial charge in [0.25, 0.3) is 0 Å². The number of ether oxygens (including phenoxy) is 1. The lowest BCUT2D eigenvalue weighted by Crippen LogP contribution is -2.29. The smallest absolute Gasteiger partial charge is 0.225 e. The van der Waals surface area contributed by atoms with Crippen LogP contribution in [0.25, 0.3) is 11.1 Å². The van der Waals surface area contributed by atoms with Crippen molar-refractivity contribution in [2.75, 3.05) is 25.5 Å². The number of hydrogen-bond acceptors (Lipinski definition) is 5. The molecule has 1 saturated heterocycles. The van der Waals surface area contributed by atoms with E-state index in [2.05, 4.69) is 22.6 Å². The molecule has 7 heteroatoms. The SMILES string of the molecule is COc1ccccc1CNc1cc(-c2cn(C)nc2C2CCN(C(=O)C3CC3)C2)ccn1. The zero-order chi connectivity index (χ0) is 22.1. The summed E-state index contributed by atoms with van der Waals surface area (Å²) in [5.74, 6) is 2.54. The molecule has 5 rings (SSSR count). The van der Waals surface area contributed by atoms with E-state index in [1.807, 2.05) is 53.2 Å². The van der Waals surface area contributed by atoms with Crippen LogP contribution in [0.15, 0.2) is 48.8 Å². The number of pyridine rings is 1. The van der Waals surface area contributed by atoms with Gasteiger partial charge in [-0.3, -0.25) is 9.48 Å². The molecule has 0 bridgehead atoms. The monoisotopic (exact) mass is 431 g/mol. The normalized spacial score (nSPS) is 18.1. The fourth-order valence-electron chi connectivity index (χ4n) is 4.53. The van der Waals surface area contributed by atoms with Crippen molar-refractivity contribution in [2.45, 2.75) is 31.7 Å². The van der Waals surface area contributed by atoms with E-state index >= 15 is 0 Å². The molecule has 2 aromatic heterocycles. The number of carbonyl (C=O) groups is 1. The minimum Gasteiger partial charge on any atom is -0.496 e. The number of methoxy groups -OCH3 is 1. The third-order valence-corrected chi connectivity index (χ3v) is 6.39.